The van der Waals surface area contributed by atoms with Crippen LogP contribution in [0, 0.1) is 23.0 Å². The van der Waals surface area contributed by atoms with E-state index >= 15 is 0 Å². The summed E-state index contributed by atoms with van der Waals surface area (Å²) >= 11 is 5.68. The smallest absolute Gasteiger partial charge is 0.262 e. The highest BCUT2D eigenvalue weighted by Crippen LogP contribution is 2.25. The number of hydrogen-bond acceptors (Lipinski definition) is 2. The highest BCUT2D eigenvalue weighted by atomic mass is 35.5. The van der Waals surface area contributed by atoms with Gasteiger partial charge in [-0.15, -0.1) is 0 Å². The largest absolute Gasteiger partial charge is 0.340 e. The molecular formula is C23H15ClF2N2O. The molecule has 0 saturated heterocycles. The number of hydrogen-bond donors (Lipinski definition) is 1. The minimum absolute atomic E-state index is 0.304. The topological polar surface area (TPSA) is 52.9 Å². The van der Waals surface area contributed by atoms with Crippen LogP contribution in [0.15, 0.2) is 78.4 Å². The SMILES string of the molecule is N#CC(=Cc1c(F)ccc(Cl)c1F)C(=O)NC(c1ccccc1)c1ccccc1. The summed E-state index contributed by atoms with van der Waals surface area (Å²) in [7, 11) is 0. The summed E-state index contributed by atoms with van der Waals surface area (Å²) < 4.78 is 28.2. The molecule has 0 radical (unpaired) electrons. The van der Waals surface area contributed by atoms with E-state index in [1.165, 1.54) is 0 Å². The molecule has 0 bridgehead atoms. The van der Waals surface area contributed by atoms with Gasteiger partial charge in [-0.3, -0.25) is 4.79 Å². The van der Waals surface area contributed by atoms with Gasteiger partial charge in [0.15, 0.2) is 5.82 Å². The fourth-order valence-corrected chi connectivity index (χ4v) is 2.99. The maximum absolute atomic E-state index is 14.2. The van der Waals surface area contributed by atoms with Gasteiger partial charge in [-0.1, -0.05) is 72.3 Å². The Morgan fingerprint density at radius 3 is 2.03 bits per heavy atom. The second-order valence-corrected chi connectivity index (χ2v) is 6.56. The van der Waals surface area contributed by atoms with E-state index in [4.69, 9.17) is 11.6 Å². The van der Waals surface area contributed by atoms with Crippen molar-refractivity contribution in [1.82, 2.24) is 5.32 Å². The van der Waals surface area contributed by atoms with Crippen molar-refractivity contribution in [3.8, 4) is 6.07 Å². The second-order valence-electron chi connectivity index (χ2n) is 6.15. The van der Waals surface area contributed by atoms with Crippen LogP contribution in [0.5, 0.6) is 0 Å². The molecule has 1 N–H and O–H groups in total. The van der Waals surface area contributed by atoms with E-state index in [0.717, 1.165) is 29.3 Å². The molecule has 0 aliphatic carbocycles. The lowest BCUT2D eigenvalue weighted by Gasteiger charge is -2.19. The van der Waals surface area contributed by atoms with Crippen molar-refractivity contribution in [1.29, 1.82) is 5.26 Å². The van der Waals surface area contributed by atoms with Gasteiger partial charge in [0.25, 0.3) is 5.91 Å². The molecule has 3 aromatic carbocycles. The summed E-state index contributed by atoms with van der Waals surface area (Å²) in [5.74, 6) is -2.71. The van der Waals surface area contributed by atoms with Crippen molar-refractivity contribution >= 4 is 23.6 Å². The van der Waals surface area contributed by atoms with E-state index < -0.39 is 34.7 Å². The van der Waals surface area contributed by atoms with Crippen LogP contribution in [-0.4, -0.2) is 5.91 Å². The van der Waals surface area contributed by atoms with E-state index in [1.807, 2.05) is 60.7 Å². The van der Waals surface area contributed by atoms with Gasteiger partial charge < -0.3 is 5.32 Å². The Bertz CT molecular complexity index is 1050. The van der Waals surface area contributed by atoms with Gasteiger partial charge in [0.2, 0.25) is 0 Å². The van der Waals surface area contributed by atoms with Crippen molar-refractivity contribution in [3.05, 3.63) is 112 Å². The number of amides is 1. The first-order valence-corrected chi connectivity index (χ1v) is 9.05. The average molecular weight is 409 g/mol. The molecule has 3 aromatic rings. The number of halogens is 3. The molecule has 0 heterocycles. The quantitative estimate of drug-likeness (QED) is 0.347. The van der Waals surface area contributed by atoms with Crippen molar-refractivity contribution in [2.24, 2.45) is 0 Å². The van der Waals surface area contributed by atoms with Gasteiger partial charge in [0.1, 0.15) is 17.5 Å². The molecule has 1 amide bonds. The van der Waals surface area contributed by atoms with Crippen LogP contribution in [0.3, 0.4) is 0 Å². The predicted octanol–water partition coefficient (Wildman–Crippen LogP) is 5.43. The predicted molar refractivity (Wildman–Crippen MR) is 108 cm³/mol. The molecule has 0 aliphatic heterocycles. The highest BCUT2D eigenvalue weighted by Gasteiger charge is 2.20. The summed E-state index contributed by atoms with van der Waals surface area (Å²) in [5.41, 5.74) is 0.607. The molecule has 0 aromatic heterocycles. The molecule has 0 saturated carbocycles. The fourth-order valence-electron chi connectivity index (χ4n) is 2.83. The van der Waals surface area contributed by atoms with Crippen LogP contribution in [0.25, 0.3) is 6.08 Å². The van der Waals surface area contributed by atoms with Gasteiger partial charge >= 0.3 is 0 Å². The minimum atomic E-state index is -1.03. The van der Waals surface area contributed by atoms with Crippen molar-refractivity contribution in [2.45, 2.75) is 6.04 Å². The molecule has 144 valence electrons. The van der Waals surface area contributed by atoms with Crippen LogP contribution >= 0.6 is 11.6 Å². The Kier molecular flexibility index (Phi) is 6.38. The van der Waals surface area contributed by atoms with Crippen molar-refractivity contribution in [2.75, 3.05) is 0 Å². The lowest BCUT2D eigenvalue weighted by atomic mass is 9.98. The van der Waals surface area contributed by atoms with Crippen LogP contribution in [-0.2, 0) is 4.79 Å². The number of nitrogens with one attached hydrogen (secondary N) is 1. The Labute approximate surface area is 171 Å². The van der Waals surface area contributed by atoms with Crippen molar-refractivity contribution in [3.63, 3.8) is 0 Å². The molecule has 3 nitrogen and oxygen atoms in total. The molecule has 0 aliphatic rings. The monoisotopic (exact) mass is 408 g/mol. The zero-order chi connectivity index (χ0) is 20.8. The van der Waals surface area contributed by atoms with E-state index in [9.17, 15) is 18.8 Å². The van der Waals surface area contributed by atoms with Crippen LogP contribution in [0.2, 0.25) is 5.02 Å². The lowest BCUT2D eigenvalue weighted by molar-refractivity contribution is -0.117. The zero-order valence-electron chi connectivity index (χ0n) is 15.1. The van der Waals surface area contributed by atoms with E-state index in [0.29, 0.717) is 0 Å². The van der Waals surface area contributed by atoms with Crippen molar-refractivity contribution < 1.29 is 13.6 Å². The molecule has 0 atom stereocenters. The Hall–Kier alpha value is -3.49. The molecule has 0 spiro atoms. The van der Waals surface area contributed by atoms with Gasteiger partial charge in [-0.05, 0) is 29.3 Å². The summed E-state index contributed by atoms with van der Waals surface area (Å²) in [5, 5.41) is 11.9. The maximum Gasteiger partial charge on any atom is 0.262 e. The lowest BCUT2D eigenvalue weighted by Crippen LogP contribution is -2.30. The second kappa shape index (κ2) is 9.13. The number of carbonyl (C=O) groups is 1. The Morgan fingerprint density at radius 2 is 1.52 bits per heavy atom. The highest BCUT2D eigenvalue weighted by molar-refractivity contribution is 6.30. The Balaban J connectivity index is 1.97. The summed E-state index contributed by atoms with van der Waals surface area (Å²) in [6.07, 6.45) is 0.860. The van der Waals surface area contributed by atoms with Gasteiger partial charge in [0, 0.05) is 5.56 Å². The van der Waals surface area contributed by atoms with E-state index in [-0.39, 0.29) is 5.02 Å². The summed E-state index contributed by atoms with van der Waals surface area (Å²) in [6.45, 7) is 0. The number of nitriles is 1. The average Bonchev–Trinajstić information content (AvgIpc) is 2.76. The molecule has 3 rings (SSSR count). The van der Waals surface area contributed by atoms with Gasteiger partial charge in [0.05, 0.1) is 11.1 Å². The number of carbonyl (C=O) groups excluding carboxylic acids is 1. The molecule has 0 fully saturated rings. The first-order chi connectivity index (χ1) is 14.0. The summed E-state index contributed by atoms with van der Waals surface area (Å²) in [4.78, 5) is 12.8. The Morgan fingerprint density at radius 1 is 0.966 bits per heavy atom. The minimum Gasteiger partial charge on any atom is -0.340 e. The molecular weight excluding hydrogens is 394 g/mol. The molecule has 0 unspecified atom stereocenters. The zero-order valence-corrected chi connectivity index (χ0v) is 15.8. The van der Waals surface area contributed by atoms with Crippen LogP contribution in [0.4, 0.5) is 8.78 Å². The number of rotatable bonds is 5. The van der Waals surface area contributed by atoms with Crippen LogP contribution < -0.4 is 5.32 Å². The molecule has 6 heteroatoms. The van der Waals surface area contributed by atoms with Crippen LogP contribution in [0.1, 0.15) is 22.7 Å². The van der Waals surface area contributed by atoms with E-state index in [2.05, 4.69) is 5.32 Å². The van der Waals surface area contributed by atoms with Gasteiger partial charge in [-0.2, -0.15) is 5.26 Å². The third kappa shape index (κ3) is 4.68. The standard InChI is InChI=1S/C23H15ClF2N2O/c24-19-11-12-20(25)18(21(19)26)13-17(14-27)23(29)28-22(15-7-3-1-4-8-15)16-9-5-2-6-10-16/h1-13,22H,(H,28,29). The van der Waals surface area contributed by atoms with Gasteiger partial charge in [-0.25, -0.2) is 8.78 Å². The third-order valence-electron chi connectivity index (χ3n) is 4.27. The first-order valence-electron chi connectivity index (χ1n) is 8.67. The summed E-state index contributed by atoms with van der Waals surface area (Å²) in [6, 6.07) is 21.6. The van der Waals surface area contributed by atoms with E-state index in [1.54, 1.807) is 6.07 Å². The normalized spacial score (nSPS) is 11.2. The maximum atomic E-state index is 14.2. The fraction of sp³-hybridized carbons (Fsp3) is 0.0435. The first kappa shape index (κ1) is 20.2. The third-order valence-corrected chi connectivity index (χ3v) is 4.57. The molecule has 29 heavy (non-hydrogen) atoms. The number of nitrogens with zero attached hydrogens (tertiary/aromatic N) is 1. The number of benzene rings is 3.